The van der Waals surface area contributed by atoms with Crippen LogP contribution in [0.4, 0.5) is 5.82 Å². The molecule has 0 aromatic carbocycles. The van der Waals surface area contributed by atoms with Crippen molar-refractivity contribution in [3.8, 4) is 6.07 Å². The van der Waals surface area contributed by atoms with E-state index in [1.807, 2.05) is 26.8 Å². The standard InChI is InChI=1S/C16H18N4O2S/c1-16(2,3)12-20(15-6-4-5-9-18-15)23(21,22)14-8-7-13(10-17)19-11-14/h4-9,11H,12H2,1-3H3. The minimum absolute atomic E-state index is 0.0337. The maximum Gasteiger partial charge on any atom is 0.267 e. The van der Waals surface area contributed by atoms with Gasteiger partial charge < -0.3 is 0 Å². The molecule has 0 N–H and O–H groups in total. The van der Waals surface area contributed by atoms with Gasteiger partial charge >= 0.3 is 0 Å². The van der Waals surface area contributed by atoms with Crippen molar-refractivity contribution in [1.82, 2.24) is 9.97 Å². The summed E-state index contributed by atoms with van der Waals surface area (Å²) in [7, 11) is -3.81. The number of nitriles is 1. The highest BCUT2D eigenvalue weighted by molar-refractivity contribution is 7.92. The van der Waals surface area contributed by atoms with Crippen molar-refractivity contribution in [2.45, 2.75) is 25.7 Å². The van der Waals surface area contributed by atoms with Crippen LogP contribution in [0.2, 0.25) is 0 Å². The zero-order valence-electron chi connectivity index (χ0n) is 13.3. The van der Waals surface area contributed by atoms with Gasteiger partial charge in [0.1, 0.15) is 22.5 Å². The normalized spacial score (nSPS) is 11.7. The van der Waals surface area contributed by atoms with E-state index in [0.29, 0.717) is 5.82 Å². The number of nitrogens with zero attached hydrogens (tertiary/aromatic N) is 4. The van der Waals surface area contributed by atoms with Crippen LogP contribution in [0.15, 0.2) is 47.6 Å². The monoisotopic (exact) mass is 330 g/mol. The number of rotatable bonds is 4. The molecule has 0 saturated carbocycles. The van der Waals surface area contributed by atoms with E-state index in [2.05, 4.69) is 9.97 Å². The van der Waals surface area contributed by atoms with Crippen LogP contribution < -0.4 is 4.31 Å². The third-order valence-corrected chi connectivity index (χ3v) is 4.70. The van der Waals surface area contributed by atoms with Crippen LogP contribution in [0.25, 0.3) is 0 Å². The van der Waals surface area contributed by atoms with E-state index in [1.165, 1.54) is 22.6 Å². The third kappa shape index (κ3) is 4.05. The lowest BCUT2D eigenvalue weighted by Crippen LogP contribution is -2.38. The summed E-state index contributed by atoms with van der Waals surface area (Å²) in [6, 6.07) is 9.78. The van der Waals surface area contributed by atoms with E-state index < -0.39 is 10.0 Å². The molecular formula is C16H18N4O2S. The Hall–Kier alpha value is -2.46. The lowest BCUT2D eigenvalue weighted by atomic mass is 9.97. The molecule has 0 fully saturated rings. The summed E-state index contributed by atoms with van der Waals surface area (Å²) in [6.45, 7) is 6.13. The van der Waals surface area contributed by atoms with Crippen molar-refractivity contribution in [3.05, 3.63) is 48.4 Å². The second-order valence-electron chi connectivity index (χ2n) is 6.25. The Bertz CT molecular complexity index is 804. The van der Waals surface area contributed by atoms with Gasteiger partial charge in [-0.25, -0.2) is 22.7 Å². The number of anilines is 1. The zero-order valence-corrected chi connectivity index (χ0v) is 14.1. The largest absolute Gasteiger partial charge is 0.267 e. The lowest BCUT2D eigenvalue weighted by Gasteiger charge is -2.30. The van der Waals surface area contributed by atoms with Gasteiger partial charge in [-0.1, -0.05) is 26.8 Å². The zero-order chi connectivity index (χ0) is 17.1. The van der Waals surface area contributed by atoms with Crippen molar-refractivity contribution in [2.75, 3.05) is 10.8 Å². The van der Waals surface area contributed by atoms with Crippen molar-refractivity contribution >= 4 is 15.8 Å². The Kier molecular flexibility index (Phi) is 4.66. The Balaban J connectivity index is 2.50. The molecule has 0 aliphatic rings. The van der Waals surface area contributed by atoms with Crippen LogP contribution in [-0.4, -0.2) is 24.9 Å². The van der Waals surface area contributed by atoms with Gasteiger partial charge in [-0.05, 0) is 29.7 Å². The summed E-state index contributed by atoms with van der Waals surface area (Å²) in [5.74, 6) is 0.354. The molecule has 0 unspecified atom stereocenters. The highest BCUT2D eigenvalue weighted by atomic mass is 32.2. The van der Waals surface area contributed by atoms with E-state index in [4.69, 9.17) is 5.26 Å². The SMILES string of the molecule is CC(C)(C)CN(c1ccccn1)S(=O)(=O)c1ccc(C#N)nc1. The lowest BCUT2D eigenvalue weighted by molar-refractivity contribution is 0.425. The van der Waals surface area contributed by atoms with E-state index in [-0.39, 0.29) is 22.5 Å². The molecule has 0 aliphatic heterocycles. The van der Waals surface area contributed by atoms with Gasteiger partial charge in [-0.15, -0.1) is 0 Å². The molecule has 2 heterocycles. The Labute approximate surface area is 136 Å². The first-order valence-electron chi connectivity index (χ1n) is 7.04. The molecule has 0 radical (unpaired) electrons. The molecule has 0 bridgehead atoms. The number of hydrogen-bond donors (Lipinski definition) is 0. The Morgan fingerprint density at radius 2 is 1.91 bits per heavy atom. The van der Waals surface area contributed by atoms with Crippen molar-refractivity contribution in [3.63, 3.8) is 0 Å². The molecular weight excluding hydrogens is 312 g/mol. The molecule has 7 heteroatoms. The molecule has 6 nitrogen and oxygen atoms in total. The predicted molar refractivity (Wildman–Crippen MR) is 87.2 cm³/mol. The molecule has 2 rings (SSSR count). The number of sulfonamides is 1. The van der Waals surface area contributed by atoms with Gasteiger partial charge in [-0.3, -0.25) is 0 Å². The van der Waals surface area contributed by atoms with Crippen LogP contribution in [0, 0.1) is 16.7 Å². The molecule has 2 aromatic rings. The first-order chi connectivity index (χ1) is 10.7. The highest BCUT2D eigenvalue weighted by Crippen LogP contribution is 2.26. The Morgan fingerprint density at radius 3 is 2.39 bits per heavy atom. The first kappa shape index (κ1) is 16.9. The molecule has 2 aromatic heterocycles. The number of hydrogen-bond acceptors (Lipinski definition) is 5. The summed E-state index contributed by atoms with van der Waals surface area (Å²) in [5.41, 5.74) is -0.0888. The second-order valence-corrected chi connectivity index (χ2v) is 8.11. The van der Waals surface area contributed by atoms with E-state index >= 15 is 0 Å². The molecule has 0 amide bonds. The maximum absolute atomic E-state index is 13.0. The fourth-order valence-corrected chi connectivity index (χ4v) is 3.54. The van der Waals surface area contributed by atoms with Crippen LogP contribution >= 0.6 is 0 Å². The van der Waals surface area contributed by atoms with Crippen molar-refractivity contribution in [2.24, 2.45) is 5.41 Å². The van der Waals surface area contributed by atoms with Crippen molar-refractivity contribution < 1.29 is 8.42 Å². The van der Waals surface area contributed by atoms with Crippen LogP contribution in [0.1, 0.15) is 26.5 Å². The van der Waals surface area contributed by atoms with Gasteiger partial charge in [0, 0.05) is 18.9 Å². The smallest absolute Gasteiger partial charge is 0.249 e. The minimum Gasteiger partial charge on any atom is -0.249 e. The highest BCUT2D eigenvalue weighted by Gasteiger charge is 2.30. The average Bonchev–Trinajstić information content (AvgIpc) is 2.52. The topological polar surface area (TPSA) is 87.0 Å². The fourth-order valence-electron chi connectivity index (χ4n) is 1.95. The van der Waals surface area contributed by atoms with Gasteiger partial charge in [0.05, 0.1) is 0 Å². The van der Waals surface area contributed by atoms with Crippen LogP contribution in [-0.2, 0) is 10.0 Å². The van der Waals surface area contributed by atoms with Crippen LogP contribution in [0.3, 0.4) is 0 Å². The molecule has 120 valence electrons. The quantitative estimate of drug-likeness (QED) is 0.860. The predicted octanol–water partition coefficient (Wildman–Crippen LogP) is 2.59. The van der Waals surface area contributed by atoms with Crippen LogP contribution in [0.5, 0.6) is 0 Å². The van der Waals surface area contributed by atoms with Gasteiger partial charge in [0.25, 0.3) is 10.0 Å². The van der Waals surface area contributed by atoms with E-state index in [0.717, 1.165) is 0 Å². The van der Waals surface area contributed by atoms with E-state index in [1.54, 1.807) is 24.4 Å². The molecule has 0 aliphatic carbocycles. The van der Waals surface area contributed by atoms with Crippen molar-refractivity contribution in [1.29, 1.82) is 5.26 Å². The van der Waals surface area contributed by atoms with Gasteiger partial charge in [0.15, 0.2) is 0 Å². The summed E-state index contributed by atoms with van der Waals surface area (Å²) in [4.78, 5) is 8.05. The average molecular weight is 330 g/mol. The Morgan fingerprint density at radius 1 is 1.17 bits per heavy atom. The maximum atomic E-state index is 13.0. The van der Waals surface area contributed by atoms with Gasteiger partial charge in [-0.2, -0.15) is 5.26 Å². The fraction of sp³-hybridized carbons (Fsp3) is 0.312. The molecule has 0 spiro atoms. The third-order valence-electron chi connectivity index (χ3n) is 2.96. The summed E-state index contributed by atoms with van der Waals surface area (Å²) < 4.78 is 27.2. The summed E-state index contributed by atoms with van der Waals surface area (Å²) in [6.07, 6.45) is 2.75. The van der Waals surface area contributed by atoms with E-state index in [9.17, 15) is 8.42 Å². The molecule has 23 heavy (non-hydrogen) atoms. The first-order valence-corrected chi connectivity index (χ1v) is 8.48. The second kappa shape index (κ2) is 6.34. The minimum atomic E-state index is -3.81. The molecule has 0 saturated heterocycles. The number of pyridine rings is 2. The number of aromatic nitrogens is 2. The van der Waals surface area contributed by atoms with Gasteiger partial charge in [0.2, 0.25) is 0 Å². The summed E-state index contributed by atoms with van der Waals surface area (Å²) in [5, 5.41) is 8.79. The molecule has 0 atom stereocenters. The summed E-state index contributed by atoms with van der Waals surface area (Å²) >= 11 is 0.